The van der Waals surface area contributed by atoms with Gasteiger partial charge in [-0.1, -0.05) is 12.1 Å². The maximum atomic E-state index is 13.4. The summed E-state index contributed by atoms with van der Waals surface area (Å²) in [6.07, 6.45) is 0. The van der Waals surface area contributed by atoms with Gasteiger partial charge in [-0.2, -0.15) is 0 Å². The summed E-state index contributed by atoms with van der Waals surface area (Å²) in [5.41, 5.74) is 6.57. The fourth-order valence-electron chi connectivity index (χ4n) is 1.23. The van der Waals surface area contributed by atoms with Crippen LogP contribution in [0.5, 0.6) is 0 Å². The van der Waals surface area contributed by atoms with Crippen molar-refractivity contribution >= 4 is 0 Å². The van der Waals surface area contributed by atoms with E-state index in [0.717, 1.165) is 5.56 Å². The number of halogens is 1. The Balaban J connectivity index is 2.89. The molecular weight excluding hydrogens is 185 g/mol. The lowest BCUT2D eigenvalue weighted by Crippen LogP contribution is -2.16. The minimum absolute atomic E-state index is 0.263. The molecule has 0 aliphatic carbocycles. The average molecular weight is 199 g/mol. The molecule has 3 nitrogen and oxygen atoms in total. The molecule has 1 aromatic carbocycles. The molecule has 0 amide bonds. The molecule has 0 spiro atoms. The van der Waals surface area contributed by atoms with Gasteiger partial charge in [0.1, 0.15) is 5.82 Å². The van der Waals surface area contributed by atoms with Crippen molar-refractivity contribution in [1.29, 1.82) is 0 Å². The molecule has 0 bridgehead atoms. The first-order valence-electron chi connectivity index (χ1n) is 4.32. The Morgan fingerprint density at radius 1 is 1.57 bits per heavy atom. The smallest absolute Gasteiger partial charge is 0.128 e. The van der Waals surface area contributed by atoms with E-state index in [2.05, 4.69) is 0 Å². The highest BCUT2D eigenvalue weighted by Gasteiger charge is 2.10. The van der Waals surface area contributed by atoms with E-state index in [1.807, 2.05) is 0 Å². The predicted molar refractivity (Wildman–Crippen MR) is 51.1 cm³/mol. The van der Waals surface area contributed by atoms with Gasteiger partial charge >= 0.3 is 0 Å². The van der Waals surface area contributed by atoms with Crippen LogP contribution in [0, 0.1) is 5.82 Å². The molecule has 0 radical (unpaired) electrons. The van der Waals surface area contributed by atoms with Crippen molar-refractivity contribution in [1.82, 2.24) is 0 Å². The SMILES string of the molecule is COCc1ccc(C(N)CO)c(F)c1. The standard InChI is InChI=1S/C10H14FNO2/c1-14-6-7-2-3-8(9(11)4-7)10(12)5-13/h2-4,10,13H,5-6,12H2,1H3. The van der Waals surface area contributed by atoms with Crippen LogP contribution in [0.2, 0.25) is 0 Å². The van der Waals surface area contributed by atoms with Gasteiger partial charge in [0.15, 0.2) is 0 Å². The van der Waals surface area contributed by atoms with Crippen molar-refractivity contribution in [3.8, 4) is 0 Å². The summed E-state index contributed by atoms with van der Waals surface area (Å²) < 4.78 is 18.2. The fourth-order valence-corrected chi connectivity index (χ4v) is 1.23. The van der Waals surface area contributed by atoms with E-state index in [4.69, 9.17) is 15.6 Å². The van der Waals surface area contributed by atoms with E-state index < -0.39 is 11.9 Å². The molecule has 0 aromatic heterocycles. The topological polar surface area (TPSA) is 55.5 Å². The molecule has 4 heteroatoms. The highest BCUT2D eigenvalue weighted by atomic mass is 19.1. The molecule has 0 aliphatic heterocycles. The first-order chi connectivity index (χ1) is 6.69. The molecule has 1 unspecified atom stereocenters. The lowest BCUT2D eigenvalue weighted by atomic mass is 10.1. The normalized spacial score (nSPS) is 12.9. The Bertz CT molecular complexity index is 304. The maximum Gasteiger partial charge on any atom is 0.128 e. The number of aliphatic hydroxyl groups excluding tert-OH is 1. The van der Waals surface area contributed by atoms with Crippen LogP contribution >= 0.6 is 0 Å². The van der Waals surface area contributed by atoms with Crippen molar-refractivity contribution in [3.05, 3.63) is 35.1 Å². The number of benzene rings is 1. The molecule has 0 heterocycles. The average Bonchev–Trinajstić information content (AvgIpc) is 2.17. The van der Waals surface area contributed by atoms with E-state index in [-0.39, 0.29) is 6.61 Å². The summed E-state index contributed by atoms with van der Waals surface area (Å²) in [4.78, 5) is 0. The summed E-state index contributed by atoms with van der Waals surface area (Å²) in [5, 5.41) is 8.77. The Hall–Kier alpha value is -0.970. The molecule has 1 atom stereocenters. The summed E-state index contributed by atoms with van der Waals surface area (Å²) in [7, 11) is 1.55. The van der Waals surface area contributed by atoms with Crippen LogP contribution in [0.1, 0.15) is 17.2 Å². The molecule has 78 valence electrons. The molecule has 0 saturated carbocycles. The van der Waals surface area contributed by atoms with Crippen molar-refractivity contribution in [2.24, 2.45) is 5.73 Å². The third kappa shape index (κ3) is 2.51. The first kappa shape index (κ1) is 11.1. The fraction of sp³-hybridized carbons (Fsp3) is 0.400. The number of rotatable bonds is 4. The lowest BCUT2D eigenvalue weighted by Gasteiger charge is -2.10. The van der Waals surface area contributed by atoms with E-state index in [1.165, 1.54) is 6.07 Å². The van der Waals surface area contributed by atoms with E-state index >= 15 is 0 Å². The number of ether oxygens (including phenoxy) is 1. The second-order valence-corrected chi connectivity index (χ2v) is 3.08. The second kappa shape index (κ2) is 5.05. The quantitative estimate of drug-likeness (QED) is 0.759. The van der Waals surface area contributed by atoms with Gasteiger partial charge in [-0.05, 0) is 11.6 Å². The first-order valence-corrected chi connectivity index (χ1v) is 4.32. The zero-order valence-corrected chi connectivity index (χ0v) is 8.03. The number of nitrogens with two attached hydrogens (primary N) is 1. The molecule has 1 aromatic rings. The molecule has 14 heavy (non-hydrogen) atoms. The number of methoxy groups -OCH3 is 1. The van der Waals surface area contributed by atoms with Gasteiger partial charge in [0.2, 0.25) is 0 Å². The summed E-state index contributed by atoms with van der Waals surface area (Å²) >= 11 is 0. The highest BCUT2D eigenvalue weighted by Crippen LogP contribution is 2.16. The Morgan fingerprint density at radius 2 is 2.29 bits per heavy atom. The van der Waals surface area contributed by atoms with Gasteiger partial charge in [-0.25, -0.2) is 4.39 Å². The van der Waals surface area contributed by atoms with Crippen LogP contribution in [0.4, 0.5) is 4.39 Å². The molecular formula is C10H14FNO2. The lowest BCUT2D eigenvalue weighted by molar-refractivity contribution is 0.184. The minimum atomic E-state index is -0.661. The van der Waals surface area contributed by atoms with Crippen molar-refractivity contribution in [3.63, 3.8) is 0 Å². The number of aliphatic hydroxyl groups is 1. The van der Waals surface area contributed by atoms with Gasteiger partial charge in [0.25, 0.3) is 0 Å². The third-order valence-corrected chi connectivity index (χ3v) is 1.97. The monoisotopic (exact) mass is 199 g/mol. The molecule has 1 rings (SSSR count). The van der Waals surface area contributed by atoms with E-state index in [0.29, 0.717) is 12.2 Å². The van der Waals surface area contributed by atoms with E-state index in [9.17, 15) is 4.39 Å². The third-order valence-electron chi connectivity index (χ3n) is 1.97. The van der Waals surface area contributed by atoms with Crippen molar-refractivity contribution < 1.29 is 14.2 Å². The van der Waals surface area contributed by atoms with Gasteiger partial charge < -0.3 is 15.6 Å². The summed E-state index contributed by atoms with van der Waals surface area (Å²) in [5.74, 6) is -0.402. The van der Waals surface area contributed by atoms with Crippen LogP contribution in [-0.4, -0.2) is 18.8 Å². The number of hydrogen-bond donors (Lipinski definition) is 2. The summed E-state index contributed by atoms with van der Waals surface area (Å²) in [6, 6.07) is 4.02. The van der Waals surface area contributed by atoms with Crippen molar-refractivity contribution in [2.45, 2.75) is 12.6 Å². The predicted octanol–water partition coefficient (Wildman–Crippen LogP) is 0.964. The van der Waals surface area contributed by atoms with Gasteiger partial charge in [-0.15, -0.1) is 0 Å². The summed E-state index contributed by atoms with van der Waals surface area (Å²) in [6.45, 7) is 0.103. The van der Waals surface area contributed by atoms with E-state index in [1.54, 1.807) is 19.2 Å². The van der Waals surface area contributed by atoms with Crippen LogP contribution in [0.15, 0.2) is 18.2 Å². The van der Waals surface area contributed by atoms with Crippen LogP contribution in [0.3, 0.4) is 0 Å². The van der Waals surface area contributed by atoms with Crippen molar-refractivity contribution in [2.75, 3.05) is 13.7 Å². The Kier molecular flexibility index (Phi) is 4.00. The Morgan fingerprint density at radius 3 is 2.79 bits per heavy atom. The largest absolute Gasteiger partial charge is 0.394 e. The van der Waals surface area contributed by atoms with Gasteiger partial charge in [0.05, 0.1) is 19.3 Å². The van der Waals surface area contributed by atoms with Crippen LogP contribution in [-0.2, 0) is 11.3 Å². The molecule has 0 aliphatic rings. The van der Waals surface area contributed by atoms with Gasteiger partial charge in [-0.3, -0.25) is 0 Å². The molecule has 3 N–H and O–H groups in total. The van der Waals surface area contributed by atoms with Crippen LogP contribution in [0.25, 0.3) is 0 Å². The Labute approximate surface area is 82.3 Å². The highest BCUT2D eigenvalue weighted by molar-refractivity contribution is 5.26. The zero-order chi connectivity index (χ0) is 10.6. The zero-order valence-electron chi connectivity index (χ0n) is 8.03. The maximum absolute atomic E-state index is 13.4. The molecule has 0 fully saturated rings. The second-order valence-electron chi connectivity index (χ2n) is 3.08. The van der Waals surface area contributed by atoms with Crippen LogP contribution < -0.4 is 5.73 Å². The number of hydrogen-bond acceptors (Lipinski definition) is 3. The van der Waals surface area contributed by atoms with Gasteiger partial charge in [0, 0.05) is 12.7 Å². The molecule has 0 saturated heterocycles. The minimum Gasteiger partial charge on any atom is -0.394 e.